The molecule has 7 heteroatoms. The highest BCUT2D eigenvalue weighted by Gasteiger charge is 2.29. The minimum atomic E-state index is -0.217. The monoisotopic (exact) mass is 420 g/mol. The van der Waals surface area contributed by atoms with Gasteiger partial charge in [0.25, 0.3) is 0 Å². The second-order valence-corrected chi connectivity index (χ2v) is 8.19. The van der Waals surface area contributed by atoms with Gasteiger partial charge in [0.15, 0.2) is 5.13 Å². The number of benzene rings is 2. The number of hydrogen-bond acceptors (Lipinski definition) is 4. The summed E-state index contributed by atoms with van der Waals surface area (Å²) in [7, 11) is 0. The maximum atomic E-state index is 13.0. The van der Waals surface area contributed by atoms with Crippen molar-refractivity contribution in [2.45, 2.75) is 18.9 Å². The molecule has 1 aromatic heterocycles. The predicted molar refractivity (Wildman–Crippen MR) is 118 cm³/mol. The van der Waals surface area contributed by atoms with Crippen molar-refractivity contribution in [3.63, 3.8) is 0 Å². The van der Waals surface area contributed by atoms with Gasteiger partial charge in [0.2, 0.25) is 5.91 Å². The molecule has 6 nitrogen and oxygen atoms in total. The Labute approximate surface area is 180 Å². The maximum absolute atomic E-state index is 13.0. The molecule has 0 spiro atoms. The molecule has 1 saturated heterocycles. The van der Waals surface area contributed by atoms with Gasteiger partial charge < -0.3 is 15.5 Å². The zero-order chi connectivity index (χ0) is 20.8. The Bertz CT molecular complexity index is 916. The zero-order valence-corrected chi connectivity index (χ0v) is 17.3. The van der Waals surface area contributed by atoms with Gasteiger partial charge in [0.1, 0.15) is 0 Å². The fourth-order valence-corrected chi connectivity index (χ4v) is 4.23. The van der Waals surface area contributed by atoms with Crippen molar-refractivity contribution in [3.05, 3.63) is 83.4 Å². The molecule has 4 rings (SSSR count). The zero-order valence-electron chi connectivity index (χ0n) is 16.5. The van der Waals surface area contributed by atoms with E-state index >= 15 is 0 Å². The first-order valence-electron chi connectivity index (χ1n) is 10.1. The molecule has 2 N–H and O–H groups in total. The van der Waals surface area contributed by atoms with Crippen molar-refractivity contribution in [2.75, 3.05) is 18.4 Å². The molecular formula is C23H24N4O2S. The number of carbonyl (C=O) groups excluding carboxylic acids is 2. The largest absolute Gasteiger partial charge is 0.327 e. The quantitative estimate of drug-likeness (QED) is 0.647. The molecule has 0 saturated carbocycles. The van der Waals surface area contributed by atoms with E-state index in [1.165, 1.54) is 11.3 Å². The number of hydrogen-bond donors (Lipinski definition) is 2. The van der Waals surface area contributed by atoms with Crippen molar-refractivity contribution in [3.8, 4) is 0 Å². The number of likely N-dealkylation sites (tertiary alicyclic amines) is 1. The molecule has 3 amide bonds. The van der Waals surface area contributed by atoms with Crippen LogP contribution >= 0.6 is 11.3 Å². The number of anilines is 1. The summed E-state index contributed by atoms with van der Waals surface area (Å²) in [5.74, 6) is -0.117. The van der Waals surface area contributed by atoms with Crippen molar-refractivity contribution >= 4 is 28.4 Å². The predicted octanol–water partition coefficient (Wildman–Crippen LogP) is 4.29. The fraction of sp³-hybridized carbons (Fsp3) is 0.261. The van der Waals surface area contributed by atoms with E-state index in [1.54, 1.807) is 11.1 Å². The van der Waals surface area contributed by atoms with Crippen LogP contribution in [-0.4, -0.2) is 34.9 Å². The average Bonchev–Trinajstić information content (AvgIpc) is 3.31. The molecule has 2 heterocycles. The lowest BCUT2D eigenvalue weighted by molar-refractivity contribution is -0.121. The summed E-state index contributed by atoms with van der Waals surface area (Å²) in [4.78, 5) is 31.3. The SMILES string of the molecule is O=C(Nc1nccs1)C1CCN(C(=O)NC(c2ccccc2)c2ccccc2)CC1. The number of carbonyl (C=O) groups is 2. The Morgan fingerprint density at radius 1 is 0.967 bits per heavy atom. The molecule has 0 unspecified atom stereocenters. The highest BCUT2D eigenvalue weighted by Crippen LogP contribution is 2.24. The van der Waals surface area contributed by atoms with Crippen LogP contribution in [0.5, 0.6) is 0 Å². The van der Waals surface area contributed by atoms with E-state index in [-0.39, 0.29) is 23.9 Å². The van der Waals surface area contributed by atoms with E-state index in [4.69, 9.17) is 0 Å². The third-order valence-corrected chi connectivity index (χ3v) is 6.04. The van der Waals surface area contributed by atoms with Gasteiger partial charge in [-0.05, 0) is 24.0 Å². The van der Waals surface area contributed by atoms with Crippen LogP contribution in [0.25, 0.3) is 0 Å². The lowest BCUT2D eigenvalue weighted by Gasteiger charge is -2.32. The van der Waals surface area contributed by atoms with Gasteiger partial charge in [-0.25, -0.2) is 9.78 Å². The van der Waals surface area contributed by atoms with Crippen LogP contribution in [0.15, 0.2) is 72.2 Å². The number of urea groups is 1. The molecule has 1 fully saturated rings. The van der Waals surface area contributed by atoms with Crippen molar-refractivity contribution in [1.82, 2.24) is 15.2 Å². The second kappa shape index (κ2) is 9.54. The molecule has 0 aliphatic carbocycles. The van der Waals surface area contributed by atoms with E-state index < -0.39 is 0 Å². The van der Waals surface area contributed by atoms with E-state index in [1.807, 2.05) is 66.0 Å². The third-order valence-electron chi connectivity index (χ3n) is 5.35. The topological polar surface area (TPSA) is 74.3 Å². The lowest BCUT2D eigenvalue weighted by Crippen LogP contribution is -2.47. The highest BCUT2D eigenvalue weighted by molar-refractivity contribution is 7.13. The summed E-state index contributed by atoms with van der Waals surface area (Å²) in [5.41, 5.74) is 2.07. The van der Waals surface area contributed by atoms with Gasteiger partial charge in [-0.2, -0.15) is 0 Å². The smallest absolute Gasteiger partial charge is 0.318 e. The summed E-state index contributed by atoms with van der Waals surface area (Å²) >= 11 is 1.41. The molecule has 2 aromatic carbocycles. The fourth-order valence-electron chi connectivity index (χ4n) is 3.70. The number of rotatable bonds is 5. The van der Waals surface area contributed by atoms with Crippen molar-refractivity contribution < 1.29 is 9.59 Å². The number of nitrogens with one attached hydrogen (secondary N) is 2. The number of nitrogens with zero attached hydrogens (tertiary/aromatic N) is 2. The third kappa shape index (κ3) is 4.86. The molecule has 30 heavy (non-hydrogen) atoms. The van der Waals surface area contributed by atoms with Gasteiger partial charge >= 0.3 is 6.03 Å². The summed E-state index contributed by atoms with van der Waals surface area (Å²) in [6, 6.07) is 19.6. The van der Waals surface area contributed by atoms with Crippen LogP contribution in [0.2, 0.25) is 0 Å². The molecule has 1 aliphatic heterocycles. The standard InChI is InChI=1S/C23H24N4O2S/c28-21(26-22-24-13-16-30-22)19-11-14-27(15-12-19)23(29)25-20(17-7-3-1-4-8-17)18-9-5-2-6-10-18/h1-10,13,16,19-20H,11-12,14-15H2,(H,25,29)(H,24,26,28). The summed E-state index contributed by atoms with van der Waals surface area (Å²) in [5, 5.41) is 8.49. The minimum absolute atomic E-state index is 0.0172. The molecule has 3 aromatic rings. The van der Waals surface area contributed by atoms with E-state index in [0.717, 1.165) is 11.1 Å². The van der Waals surface area contributed by atoms with Crippen LogP contribution in [-0.2, 0) is 4.79 Å². The number of aromatic nitrogens is 1. The Morgan fingerprint density at radius 2 is 1.57 bits per heavy atom. The molecule has 154 valence electrons. The number of thiazole rings is 1. The van der Waals surface area contributed by atoms with Crippen LogP contribution < -0.4 is 10.6 Å². The van der Waals surface area contributed by atoms with Crippen LogP contribution in [0.1, 0.15) is 30.0 Å². The van der Waals surface area contributed by atoms with Crippen molar-refractivity contribution in [2.24, 2.45) is 5.92 Å². The Kier molecular flexibility index (Phi) is 6.39. The first-order valence-corrected chi connectivity index (χ1v) is 10.9. The van der Waals surface area contributed by atoms with Crippen LogP contribution in [0.4, 0.5) is 9.93 Å². The Hall–Kier alpha value is -3.19. The molecular weight excluding hydrogens is 396 g/mol. The Balaban J connectivity index is 1.37. The Morgan fingerprint density at radius 3 is 2.10 bits per heavy atom. The van der Waals surface area contributed by atoms with Gasteiger partial charge in [0.05, 0.1) is 6.04 Å². The normalized spacial score (nSPS) is 14.5. The molecule has 0 radical (unpaired) electrons. The lowest BCUT2D eigenvalue weighted by atomic mass is 9.96. The molecule has 0 bridgehead atoms. The van der Waals surface area contributed by atoms with Crippen LogP contribution in [0.3, 0.4) is 0 Å². The van der Waals surface area contributed by atoms with Gasteiger partial charge in [0, 0.05) is 30.6 Å². The van der Waals surface area contributed by atoms with E-state index in [9.17, 15) is 9.59 Å². The molecule has 1 aliphatic rings. The van der Waals surface area contributed by atoms with Gasteiger partial charge in [-0.1, -0.05) is 60.7 Å². The second-order valence-electron chi connectivity index (χ2n) is 7.29. The summed E-state index contributed by atoms with van der Waals surface area (Å²) in [6.45, 7) is 1.11. The van der Waals surface area contributed by atoms with Gasteiger partial charge in [-0.3, -0.25) is 4.79 Å². The first kappa shape index (κ1) is 20.1. The minimum Gasteiger partial charge on any atom is -0.327 e. The van der Waals surface area contributed by atoms with Gasteiger partial charge in [-0.15, -0.1) is 11.3 Å². The number of amides is 3. The van der Waals surface area contributed by atoms with E-state index in [0.29, 0.717) is 31.1 Å². The number of piperidine rings is 1. The summed E-state index contributed by atoms with van der Waals surface area (Å²) < 4.78 is 0. The van der Waals surface area contributed by atoms with Crippen LogP contribution in [0, 0.1) is 5.92 Å². The van der Waals surface area contributed by atoms with Crippen molar-refractivity contribution in [1.29, 1.82) is 0 Å². The molecule has 0 atom stereocenters. The maximum Gasteiger partial charge on any atom is 0.318 e. The highest BCUT2D eigenvalue weighted by atomic mass is 32.1. The average molecular weight is 421 g/mol. The van der Waals surface area contributed by atoms with E-state index in [2.05, 4.69) is 15.6 Å². The first-order chi connectivity index (χ1) is 14.7. The summed E-state index contributed by atoms with van der Waals surface area (Å²) in [6.07, 6.45) is 2.96.